The molecule has 0 spiro atoms. The number of rotatable bonds is 8. The zero-order valence-electron chi connectivity index (χ0n) is 24.2. The van der Waals surface area contributed by atoms with Crippen molar-refractivity contribution >= 4 is 11.9 Å². The van der Waals surface area contributed by atoms with Gasteiger partial charge in [-0.05, 0) is 116 Å². The molecule has 0 aliphatic heterocycles. The molecule has 0 saturated heterocycles. The first-order valence-corrected chi connectivity index (χ1v) is 15.1. The first-order valence-electron chi connectivity index (χ1n) is 15.1. The Labute approximate surface area is 224 Å². The van der Waals surface area contributed by atoms with Gasteiger partial charge in [0.1, 0.15) is 6.04 Å². The summed E-state index contributed by atoms with van der Waals surface area (Å²) < 4.78 is 4.90. The Kier molecular flexibility index (Phi) is 8.70. The number of fused-ring (bicyclic) bond motifs is 5. The summed E-state index contributed by atoms with van der Waals surface area (Å²) in [5.41, 5.74) is 0.458. The summed E-state index contributed by atoms with van der Waals surface area (Å²) in [6.07, 6.45) is 9.82. The molecule has 11 atom stereocenters. The molecule has 0 aromatic rings. The molecule has 37 heavy (non-hydrogen) atoms. The lowest BCUT2D eigenvalue weighted by molar-refractivity contribution is -0.174. The van der Waals surface area contributed by atoms with Crippen LogP contribution in [0.1, 0.15) is 105 Å². The normalized spacial score (nSPS) is 42.8. The third-order valence-electron chi connectivity index (χ3n) is 11.8. The summed E-state index contributed by atoms with van der Waals surface area (Å²) >= 11 is 0. The minimum Gasteiger partial charge on any atom is -0.467 e. The number of carbonyl (C=O) groups excluding carboxylic acids is 2. The Morgan fingerprint density at radius 2 is 1.65 bits per heavy atom. The van der Waals surface area contributed by atoms with Gasteiger partial charge < -0.3 is 20.3 Å². The Morgan fingerprint density at radius 3 is 2.32 bits per heavy atom. The van der Waals surface area contributed by atoms with Gasteiger partial charge in [0.25, 0.3) is 0 Å². The molecule has 6 nitrogen and oxygen atoms in total. The quantitative estimate of drug-likeness (QED) is 0.388. The van der Waals surface area contributed by atoms with Crippen LogP contribution in [-0.4, -0.2) is 47.4 Å². The highest BCUT2D eigenvalue weighted by Crippen LogP contribution is 2.68. The number of ether oxygens (including phenoxy) is 1. The van der Waals surface area contributed by atoms with Crippen LogP contribution in [0.25, 0.3) is 0 Å². The second-order valence-electron chi connectivity index (χ2n) is 14.2. The first-order chi connectivity index (χ1) is 17.4. The van der Waals surface area contributed by atoms with Crippen molar-refractivity contribution in [3.8, 4) is 0 Å². The number of amides is 1. The van der Waals surface area contributed by atoms with Gasteiger partial charge in [0.15, 0.2) is 0 Å². The average Bonchev–Trinajstić information content (AvgIpc) is 3.19. The summed E-state index contributed by atoms with van der Waals surface area (Å²) in [6, 6.07) is -0.574. The maximum atomic E-state index is 12.8. The standard InChI is InChI=1S/C31H53NO5/c1-18(2)15-25(29(36)37-6)32-27(35)10-7-19(3)22-8-9-23-28-24(12-14-31(22,23)5)30(4)13-11-21(33)16-20(30)17-26(28)34/h18-26,28,33-34H,7-17H2,1-6H3,(H,32,35)/t19-,20+,21-,22-,23+,24+,25+,26+,28+,30+,31-/m0/s1. The second-order valence-corrected chi connectivity index (χ2v) is 14.2. The maximum Gasteiger partial charge on any atom is 0.328 e. The molecule has 3 N–H and O–H groups in total. The Bertz CT molecular complexity index is 830. The van der Waals surface area contributed by atoms with Crippen LogP contribution in [0.5, 0.6) is 0 Å². The van der Waals surface area contributed by atoms with Crippen LogP contribution in [0.3, 0.4) is 0 Å². The van der Waals surface area contributed by atoms with Gasteiger partial charge in [-0.25, -0.2) is 4.79 Å². The van der Waals surface area contributed by atoms with Gasteiger partial charge in [0.2, 0.25) is 5.91 Å². The molecular weight excluding hydrogens is 466 g/mol. The summed E-state index contributed by atoms with van der Waals surface area (Å²) in [5, 5.41) is 24.7. The van der Waals surface area contributed by atoms with E-state index < -0.39 is 6.04 Å². The molecule has 212 valence electrons. The molecule has 0 unspecified atom stereocenters. The van der Waals surface area contributed by atoms with Gasteiger partial charge >= 0.3 is 5.97 Å². The van der Waals surface area contributed by atoms with Crippen molar-refractivity contribution in [2.75, 3.05) is 7.11 Å². The molecule has 0 heterocycles. The Balaban J connectivity index is 1.39. The highest BCUT2D eigenvalue weighted by atomic mass is 16.5. The SMILES string of the molecule is COC(=O)[C@@H](CC(C)C)NC(=O)CC[C@H](C)[C@@H]1CC[C@@H]2[C@H]3[C@H](O)C[C@H]4C[C@@H](O)CC[C@@]4(C)[C@@H]3CC[C@]21C. The molecule has 1 amide bonds. The highest BCUT2D eigenvalue weighted by Gasteiger charge is 2.62. The van der Waals surface area contributed by atoms with Crippen molar-refractivity contribution < 1.29 is 24.5 Å². The minimum absolute atomic E-state index is 0.0625. The summed E-state index contributed by atoms with van der Waals surface area (Å²) in [5.74, 6) is 2.76. The third-order valence-corrected chi connectivity index (χ3v) is 11.8. The predicted molar refractivity (Wildman–Crippen MR) is 144 cm³/mol. The minimum atomic E-state index is -0.574. The fraction of sp³-hybridized carbons (Fsp3) is 0.935. The van der Waals surface area contributed by atoms with Crippen molar-refractivity contribution in [3.05, 3.63) is 0 Å². The highest BCUT2D eigenvalue weighted by molar-refractivity contribution is 5.84. The molecule has 4 fully saturated rings. The summed E-state index contributed by atoms with van der Waals surface area (Å²) in [7, 11) is 1.37. The van der Waals surface area contributed by atoms with Crippen molar-refractivity contribution in [2.45, 2.75) is 123 Å². The van der Waals surface area contributed by atoms with E-state index in [0.29, 0.717) is 54.3 Å². The van der Waals surface area contributed by atoms with Crippen LogP contribution in [0, 0.1) is 52.3 Å². The van der Waals surface area contributed by atoms with Gasteiger partial charge in [0.05, 0.1) is 19.3 Å². The van der Waals surface area contributed by atoms with Crippen LogP contribution in [0.2, 0.25) is 0 Å². The van der Waals surface area contributed by atoms with E-state index in [1.807, 2.05) is 13.8 Å². The number of methoxy groups -OCH3 is 1. The molecule has 0 aromatic heterocycles. The molecule has 0 radical (unpaired) electrons. The lowest BCUT2D eigenvalue weighted by Crippen LogP contribution is -2.58. The van der Waals surface area contributed by atoms with Gasteiger partial charge in [-0.3, -0.25) is 4.79 Å². The lowest BCUT2D eigenvalue weighted by Gasteiger charge is -2.62. The smallest absolute Gasteiger partial charge is 0.328 e. The van der Waals surface area contributed by atoms with Gasteiger partial charge in [0, 0.05) is 6.42 Å². The van der Waals surface area contributed by atoms with E-state index in [9.17, 15) is 19.8 Å². The first kappa shape index (κ1) is 28.9. The van der Waals surface area contributed by atoms with Gasteiger partial charge in [-0.2, -0.15) is 0 Å². The fourth-order valence-corrected chi connectivity index (χ4v) is 9.83. The molecule has 4 rings (SSSR count). The van der Waals surface area contributed by atoms with Crippen LogP contribution in [0.15, 0.2) is 0 Å². The van der Waals surface area contributed by atoms with E-state index in [4.69, 9.17) is 4.74 Å². The van der Waals surface area contributed by atoms with Crippen molar-refractivity contribution in [1.82, 2.24) is 5.32 Å². The molecule has 0 aromatic carbocycles. The van der Waals surface area contributed by atoms with Gasteiger partial charge in [-0.1, -0.05) is 34.6 Å². The zero-order valence-corrected chi connectivity index (χ0v) is 24.2. The molecular formula is C31H53NO5. The second kappa shape index (κ2) is 11.2. The van der Waals surface area contributed by atoms with Gasteiger partial charge in [-0.15, -0.1) is 0 Å². The van der Waals surface area contributed by atoms with E-state index in [-0.39, 0.29) is 34.9 Å². The van der Waals surface area contributed by atoms with E-state index >= 15 is 0 Å². The average molecular weight is 520 g/mol. The van der Waals surface area contributed by atoms with E-state index in [1.165, 1.54) is 32.8 Å². The zero-order chi connectivity index (χ0) is 27.1. The summed E-state index contributed by atoms with van der Waals surface area (Å²) in [6.45, 7) is 11.3. The number of nitrogens with one attached hydrogen (secondary N) is 1. The van der Waals surface area contributed by atoms with E-state index in [0.717, 1.165) is 32.1 Å². The Hall–Kier alpha value is -1.14. The molecule has 0 bridgehead atoms. The van der Waals surface area contributed by atoms with Crippen molar-refractivity contribution in [2.24, 2.45) is 52.3 Å². The molecule has 4 saturated carbocycles. The molecule has 4 aliphatic rings. The third kappa shape index (κ3) is 5.48. The van der Waals surface area contributed by atoms with E-state index in [2.05, 4.69) is 26.1 Å². The van der Waals surface area contributed by atoms with Crippen molar-refractivity contribution in [3.63, 3.8) is 0 Å². The van der Waals surface area contributed by atoms with Crippen LogP contribution in [-0.2, 0) is 14.3 Å². The Morgan fingerprint density at radius 1 is 0.973 bits per heavy atom. The van der Waals surface area contributed by atoms with Crippen LogP contribution >= 0.6 is 0 Å². The lowest BCUT2D eigenvalue weighted by atomic mass is 9.43. The van der Waals surface area contributed by atoms with E-state index in [1.54, 1.807) is 0 Å². The maximum absolute atomic E-state index is 12.8. The number of aliphatic hydroxyl groups is 2. The number of esters is 1. The number of hydrogen-bond acceptors (Lipinski definition) is 5. The number of aliphatic hydroxyl groups excluding tert-OH is 2. The van der Waals surface area contributed by atoms with Crippen LogP contribution in [0.4, 0.5) is 0 Å². The fourth-order valence-electron chi connectivity index (χ4n) is 9.83. The summed E-state index contributed by atoms with van der Waals surface area (Å²) in [4.78, 5) is 24.9. The largest absolute Gasteiger partial charge is 0.467 e. The number of hydrogen-bond donors (Lipinski definition) is 3. The van der Waals surface area contributed by atoms with Crippen LogP contribution < -0.4 is 5.32 Å². The number of carbonyl (C=O) groups is 2. The topological polar surface area (TPSA) is 95.9 Å². The molecule has 4 aliphatic carbocycles. The molecule has 6 heteroatoms. The monoisotopic (exact) mass is 519 g/mol. The van der Waals surface area contributed by atoms with Crippen molar-refractivity contribution in [1.29, 1.82) is 0 Å². The predicted octanol–water partition coefficient (Wildman–Crippen LogP) is 5.10.